The number of amides is 2. The summed E-state index contributed by atoms with van der Waals surface area (Å²) in [6.45, 7) is 0.428. The van der Waals surface area contributed by atoms with Crippen molar-refractivity contribution in [3.63, 3.8) is 0 Å². The zero-order chi connectivity index (χ0) is 16.6. The van der Waals surface area contributed by atoms with Crippen molar-refractivity contribution in [2.75, 3.05) is 13.1 Å². The van der Waals surface area contributed by atoms with Crippen LogP contribution in [0.5, 0.6) is 0 Å². The molecule has 2 atom stereocenters. The number of carbonyl (C=O) groups excluding carboxylic acids is 1. The van der Waals surface area contributed by atoms with E-state index in [1.54, 1.807) is 0 Å². The summed E-state index contributed by atoms with van der Waals surface area (Å²) in [6, 6.07) is 2.62. The van der Waals surface area contributed by atoms with Crippen molar-refractivity contribution in [1.29, 1.82) is 0 Å². The van der Waals surface area contributed by atoms with Crippen LogP contribution in [0, 0.1) is 23.0 Å². The Labute approximate surface area is 132 Å². The third kappa shape index (κ3) is 2.75. The lowest BCUT2D eigenvalue weighted by Crippen LogP contribution is -2.41. The number of aliphatic carboxylic acids is 1. The second-order valence-corrected chi connectivity index (χ2v) is 6.33. The minimum absolute atomic E-state index is 0.0309. The Bertz CT molecular complexity index is 652. The molecule has 0 aromatic heterocycles. The van der Waals surface area contributed by atoms with Gasteiger partial charge in [0, 0.05) is 25.2 Å². The highest BCUT2D eigenvalue weighted by Crippen LogP contribution is 2.48. The van der Waals surface area contributed by atoms with E-state index in [4.69, 9.17) is 0 Å². The number of halogens is 2. The molecule has 1 saturated carbocycles. The molecule has 0 bridgehead atoms. The normalized spacial score (nSPS) is 26.2. The summed E-state index contributed by atoms with van der Waals surface area (Å²) in [5.41, 5.74) is -0.785. The molecule has 7 heteroatoms. The number of hydrogen-bond donors (Lipinski definition) is 2. The van der Waals surface area contributed by atoms with Crippen molar-refractivity contribution in [1.82, 2.24) is 10.2 Å². The van der Waals surface area contributed by atoms with Gasteiger partial charge < -0.3 is 15.3 Å². The molecule has 3 rings (SSSR count). The SMILES string of the molecule is O=C(NCc1cc(F)ccc1F)N1C[C@@H]2CCC[C@@]2(C(=O)O)C1. The highest BCUT2D eigenvalue weighted by Gasteiger charge is 2.55. The molecule has 23 heavy (non-hydrogen) atoms. The van der Waals surface area contributed by atoms with Gasteiger partial charge in [0.05, 0.1) is 5.41 Å². The highest BCUT2D eigenvalue weighted by molar-refractivity contribution is 5.80. The largest absolute Gasteiger partial charge is 0.481 e. The first-order chi connectivity index (χ1) is 10.9. The van der Waals surface area contributed by atoms with E-state index in [1.807, 2.05) is 0 Å². The topological polar surface area (TPSA) is 69.6 Å². The number of fused-ring (bicyclic) bond motifs is 1. The Balaban J connectivity index is 1.64. The molecule has 1 heterocycles. The van der Waals surface area contributed by atoms with Crippen molar-refractivity contribution in [2.45, 2.75) is 25.8 Å². The van der Waals surface area contributed by atoms with Crippen LogP contribution in [0.3, 0.4) is 0 Å². The van der Waals surface area contributed by atoms with Gasteiger partial charge in [-0.05, 0) is 37.0 Å². The van der Waals surface area contributed by atoms with Gasteiger partial charge in [0.1, 0.15) is 11.6 Å². The minimum atomic E-state index is -0.855. The number of carboxylic acids is 1. The molecule has 0 unspecified atom stereocenters. The predicted molar refractivity (Wildman–Crippen MR) is 77.6 cm³/mol. The van der Waals surface area contributed by atoms with Crippen molar-refractivity contribution in [2.24, 2.45) is 11.3 Å². The lowest BCUT2D eigenvalue weighted by atomic mass is 9.81. The molecule has 2 amide bonds. The van der Waals surface area contributed by atoms with E-state index in [9.17, 15) is 23.5 Å². The van der Waals surface area contributed by atoms with Crippen LogP contribution in [0.4, 0.5) is 13.6 Å². The van der Waals surface area contributed by atoms with E-state index in [0.717, 1.165) is 31.0 Å². The third-order valence-corrected chi connectivity index (χ3v) is 5.02. The first-order valence-corrected chi connectivity index (χ1v) is 7.62. The summed E-state index contributed by atoms with van der Waals surface area (Å²) in [5, 5.41) is 12.0. The van der Waals surface area contributed by atoms with Gasteiger partial charge in [-0.25, -0.2) is 13.6 Å². The average molecular weight is 324 g/mol. The Kier molecular flexibility index (Phi) is 3.95. The van der Waals surface area contributed by atoms with Crippen molar-refractivity contribution in [3.8, 4) is 0 Å². The highest BCUT2D eigenvalue weighted by atomic mass is 19.1. The summed E-state index contributed by atoms with van der Waals surface area (Å²) < 4.78 is 26.7. The first kappa shape index (κ1) is 15.7. The smallest absolute Gasteiger partial charge is 0.317 e. The molecular formula is C16H18F2N2O3. The third-order valence-electron chi connectivity index (χ3n) is 5.02. The molecule has 124 valence electrons. The Morgan fingerprint density at radius 1 is 1.39 bits per heavy atom. The van der Waals surface area contributed by atoms with Crippen molar-refractivity contribution < 1.29 is 23.5 Å². The summed E-state index contributed by atoms with van der Waals surface area (Å²) in [5.74, 6) is -2.05. The first-order valence-electron chi connectivity index (χ1n) is 7.62. The molecule has 1 aliphatic carbocycles. The van der Waals surface area contributed by atoms with Gasteiger partial charge in [-0.2, -0.15) is 0 Å². The van der Waals surface area contributed by atoms with Gasteiger partial charge in [-0.15, -0.1) is 0 Å². The van der Waals surface area contributed by atoms with Crippen LogP contribution >= 0.6 is 0 Å². The predicted octanol–water partition coefficient (Wildman–Crippen LogP) is 2.36. The maximum Gasteiger partial charge on any atom is 0.317 e. The van der Waals surface area contributed by atoms with Gasteiger partial charge in [-0.1, -0.05) is 6.42 Å². The fourth-order valence-electron chi connectivity index (χ4n) is 3.75. The number of carbonyl (C=O) groups is 2. The van der Waals surface area contributed by atoms with E-state index in [1.165, 1.54) is 4.90 Å². The molecule has 2 N–H and O–H groups in total. The van der Waals surface area contributed by atoms with Gasteiger partial charge in [0.25, 0.3) is 0 Å². The Hall–Kier alpha value is -2.18. The second kappa shape index (κ2) is 5.79. The lowest BCUT2D eigenvalue weighted by molar-refractivity contribution is -0.149. The standard InChI is InChI=1S/C16H18F2N2O3/c17-12-3-4-13(18)10(6-12)7-19-15(23)20-8-11-2-1-5-16(11,9-20)14(21)22/h3-4,6,11H,1-2,5,7-9H2,(H,19,23)(H,21,22)/t11-,16+/m0/s1. The van der Waals surface area contributed by atoms with E-state index in [0.29, 0.717) is 13.0 Å². The average Bonchev–Trinajstić information content (AvgIpc) is 3.06. The van der Waals surface area contributed by atoms with Crippen LogP contribution in [0.25, 0.3) is 0 Å². The monoisotopic (exact) mass is 324 g/mol. The summed E-state index contributed by atoms with van der Waals surface area (Å²) >= 11 is 0. The molecule has 0 spiro atoms. The van der Waals surface area contributed by atoms with Crippen LogP contribution in [-0.2, 0) is 11.3 Å². The minimum Gasteiger partial charge on any atom is -0.481 e. The quantitative estimate of drug-likeness (QED) is 0.897. The van der Waals surface area contributed by atoms with Crippen LogP contribution in [0.1, 0.15) is 24.8 Å². The number of nitrogens with one attached hydrogen (secondary N) is 1. The maximum atomic E-state index is 13.5. The zero-order valence-corrected chi connectivity index (χ0v) is 12.5. The molecule has 1 aromatic rings. The molecule has 1 aliphatic heterocycles. The fraction of sp³-hybridized carbons (Fsp3) is 0.500. The van der Waals surface area contributed by atoms with Crippen LogP contribution in [0.15, 0.2) is 18.2 Å². The molecule has 5 nitrogen and oxygen atoms in total. The van der Waals surface area contributed by atoms with Crippen LogP contribution < -0.4 is 5.32 Å². The fourth-order valence-corrected chi connectivity index (χ4v) is 3.75. The van der Waals surface area contributed by atoms with E-state index in [-0.39, 0.29) is 24.6 Å². The van der Waals surface area contributed by atoms with Gasteiger partial charge >= 0.3 is 12.0 Å². The number of rotatable bonds is 3. The number of likely N-dealkylation sites (tertiary alicyclic amines) is 1. The van der Waals surface area contributed by atoms with Crippen LogP contribution in [0.2, 0.25) is 0 Å². The number of benzene rings is 1. The van der Waals surface area contributed by atoms with Gasteiger partial charge in [0.2, 0.25) is 0 Å². The molecule has 0 radical (unpaired) electrons. The maximum absolute atomic E-state index is 13.5. The van der Waals surface area contributed by atoms with Crippen molar-refractivity contribution in [3.05, 3.63) is 35.4 Å². The molecule has 1 aromatic carbocycles. The number of urea groups is 1. The van der Waals surface area contributed by atoms with Crippen LogP contribution in [-0.4, -0.2) is 35.1 Å². The van der Waals surface area contributed by atoms with Gasteiger partial charge in [0.15, 0.2) is 0 Å². The zero-order valence-electron chi connectivity index (χ0n) is 12.5. The van der Waals surface area contributed by atoms with E-state index in [2.05, 4.69) is 5.32 Å². The summed E-state index contributed by atoms with van der Waals surface area (Å²) in [4.78, 5) is 25.3. The van der Waals surface area contributed by atoms with E-state index < -0.39 is 29.0 Å². The lowest BCUT2D eigenvalue weighted by Gasteiger charge is -2.23. The summed E-state index contributed by atoms with van der Waals surface area (Å²) in [6.07, 6.45) is 2.24. The second-order valence-electron chi connectivity index (χ2n) is 6.33. The molecule has 1 saturated heterocycles. The summed E-state index contributed by atoms with van der Waals surface area (Å²) in [7, 11) is 0. The van der Waals surface area contributed by atoms with Crippen molar-refractivity contribution >= 4 is 12.0 Å². The number of nitrogens with zero attached hydrogens (tertiary/aromatic N) is 1. The Morgan fingerprint density at radius 2 is 2.17 bits per heavy atom. The molecule has 2 fully saturated rings. The Morgan fingerprint density at radius 3 is 2.87 bits per heavy atom. The van der Waals surface area contributed by atoms with E-state index >= 15 is 0 Å². The molecular weight excluding hydrogens is 306 g/mol. The van der Waals surface area contributed by atoms with Gasteiger partial charge in [-0.3, -0.25) is 4.79 Å². The number of carboxylic acid groups (broad SMARTS) is 1. The number of hydrogen-bond acceptors (Lipinski definition) is 2. The molecule has 2 aliphatic rings.